The zero-order valence-corrected chi connectivity index (χ0v) is 11.6. The predicted octanol–water partition coefficient (Wildman–Crippen LogP) is 2.93. The molecule has 0 N–H and O–H groups in total. The highest BCUT2D eigenvalue weighted by Gasteiger charge is 2.27. The maximum absolute atomic E-state index is 10.9. The second-order valence-corrected chi connectivity index (χ2v) is 4.83. The molecule has 0 rings (SSSR count). The molecule has 0 saturated heterocycles. The number of esters is 1. The smallest absolute Gasteiger partial charge is 0.304 e. The van der Waals surface area contributed by atoms with Gasteiger partial charge in [0.1, 0.15) is 0 Å². The molecule has 0 aliphatic carbocycles. The van der Waals surface area contributed by atoms with Crippen molar-refractivity contribution in [3.63, 3.8) is 0 Å². The lowest BCUT2D eigenvalue weighted by Crippen LogP contribution is -2.31. The van der Waals surface area contributed by atoms with Gasteiger partial charge in [0.05, 0.1) is 5.60 Å². The molecule has 0 aromatic carbocycles. The maximum atomic E-state index is 10.9. The quantitative estimate of drug-likeness (QED) is 0.507. The number of carbonyl (C=O) groups excluding carboxylic acids is 1. The average Bonchev–Trinajstić information content (AvgIpc) is 2.28. The summed E-state index contributed by atoms with van der Waals surface area (Å²) in [5.74, 6) is 2.21. The van der Waals surface area contributed by atoms with E-state index < -0.39 is 5.60 Å². The van der Waals surface area contributed by atoms with Crippen LogP contribution in [-0.4, -0.2) is 24.3 Å². The Morgan fingerprint density at radius 3 is 2.29 bits per heavy atom. The summed E-state index contributed by atoms with van der Waals surface area (Å²) in [5.41, 5.74) is -0.917. The third-order valence-corrected chi connectivity index (χ3v) is 3.27. The van der Waals surface area contributed by atoms with Crippen LogP contribution in [0.1, 0.15) is 53.4 Å². The average molecular weight is 240 g/mol. The molecule has 0 aliphatic heterocycles. The fourth-order valence-electron chi connectivity index (χ4n) is 1.69. The third kappa shape index (κ3) is 5.74. The zero-order valence-electron chi connectivity index (χ0n) is 11.6. The SMILES string of the molecule is C#CC(C)(CCCC(C)(CC)OC)OC(C)=O. The summed E-state index contributed by atoms with van der Waals surface area (Å²) in [6.45, 7) is 7.31. The third-order valence-electron chi connectivity index (χ3n) is 3.27. The van der Waals surface area contributed by atoms with Crippen LogP contribution in [0.25, 0.3) is 0 Å². The van der Waals surface area contributed by atoms with Gasteiger partial charge in [-0.05, 0) is 39.5 Å². The molecule has 0 heterocycles. The summed E-state index contributed by atoms with van der Waals surface area (Å²) in [4.78, 5) is 10.9. The molecule has 0 aromatic heterocycles. The standard InChI is InChI=1S/C14H24O3/c1-7-13(4,16-6)10-9-11-14(5,8-2)17-12(3)15/h2H,7,9-11H2,1,3-6H3. The van der Waals surface area contributed by atoms with E-state index in [1.54, 1.807) is 14.0 Å². The van der Waals surface area contributed by atoms with E-state index in [-0.39, 0.29) is 11.6 Å². The molecule has 0 aliphatic rings. The zero-order chi connectivity index (χ0) is 13.5. The van der Waals surface area contributed by atoms with Crippen molar-refractivity contribution in [1.82, 2.24) is 0 Å². The fourth-order valence-corrected chi connectivity index (χ4v) is 1.69. The minimum atomic E-state index is -0.797. The Morgan fingerprint density at radius 1 is 1.35 bits per heavy atom. The first kappa shape index (κ1) is 16.0. The van der Waals surface area contributed by atoms with Crippen LogP contribution in [-0.2, 0) is 14.3 Å². The fraction of sp³-hybridized carbons (Fsp3) is 0.786. The Labute approximate surface area is 105 Å². The van der Waals surface area contributed by atoms with Crippen molar-refractivity contribution >= 4 is 5.97 Å². The highest BCUT2D eigenvalue weighted by molar-refractivity contribution is 5.67. The lowest BCUT2D eigenvalue weighted by Gasteiger charge is -2.29. The largest absolute Gasteiger partial charge is 0.446 e. The van der Waals surface area contributed by atoms with Crippen molar-refractivity contribution in [2.45, 2.75) is 64.6 Å². The van der Waals surface area contributed by atoms with Gasteiger partial charge in [-0.1, -0.05) is 12.8 Å². The molecule has 0 aromatic rings. The molecular weight excluding hydrogens is 216 g/mol. The van der Waals surface area contributed by atoms with Crippen molar-refractivity contribution in [2.24, 2.45) is 0 Å². The predicted molar refractivity (Wildman–Crippen MR) is 68.6 cm³/mol. The Kier molecular flexibility index (Phi) is 6.26. The van der Waals surface area contributed by atoms with Crippen molar-refractivity contribution in [2.75, 3.05) is 7.11 Å². The Balaban J connectivity index is 4.26. The number of rotatable bonds is 7. The normalized spacial score (nSPS) is 17.6. The van der Waals surface area contributed by atoms with Crippen LogP contribution in [0, 0.1) is 12.3 Å². The molecule has 3 nitrogen and oxygen atoms in total. The topological polar surface area (TPSA) is 35.5 Å². The van der Waals surface area contributed by atoms with Gasteiger partial charge in [0.25, 0.3) is 0 Å². The molecule has 98 valence electrons. The van der Waals surface area contributed by atoms with Crippen LogP contribution < -0.4 is 0 Å². The van der Waals surface area contributed by atoms with Gasteiger partial charge in [0.2, 0.25) is 0 Å². The first-order chi connectivity index (χ1) is 7.81. The van der Waals surface area contributed by atoms with E-state index in [9.17, 15) is 4.79 Å². The highest BCUT2D eigenvalue weighted by atomic mass is 16.6. The summed E-state index contributed by atoms with van der Waals surface area (Å²) in [5, 5.41) is 0. The lowest BCUT2D eigenvalue weighted by atomic mass is 9.91. The Hall–Kier alpha value is -1.01. The van der Waals surface area contributed by atoms with E-state index in [0.717, 1.165) is 19.3 Å². The van der Waals surface area contributed by atoms with Crippen molar-refractivity contribution in [1.29, 1.82) is 0 Å². The van der Waals surface area contributed by atoms with Crippen molar-refractivity contribution < 1.29 is 14.3 Å². The van der Waals surface area contributed by atoms with E-state index in [1.807, 2.05) is 0 Å². The second kappa shape index (κ2) is 6.66. The van der Waals surface area contributed by atoms with E-state index >= 15 is 0 Å². The Bertz CT molecular complexity index is 286. The molecule has 0 saturated carbocycles. The van der Waals surface area contributed by atoms with Gasteiger partial charge >= 0.3 is 5.97 Å². The molecule has 0 amide bonds. The number of methoxy groups -OCH3 is 1. The van der Waals surface area contributed by atoms with Crippen LogP contribution in [0.3, 0.4) is 0 Å². The van der Waals surface area contributed by atoms with Crippen molar-refractivity contribution in [3.8, 4) is 12.3 Å². The second-order valence-electron chi connectivity index (χ2n) is 4.83. The van der Waals surface area contributed by atoms with Gasteiger partial charge in [0.15, 0.2) is 5.60 Å². The number of terminal acetylenes is 1. The molecular formula is C14H24O3. The molecule has 0 radical (unpaired) electrons. The molecule has 3 heteroatoms. The van der Waals surface area contributed by atoms with Crippen LogP contribution in [0.4, 0.5) is 0 Å². The maximum Gasteiger partial charge on any atom is 0.304 e. The number of hydrogen-bond donors (Lipinski definition) is 0. The van der Waals surface area contributed by atoms with Crippen LogP contribution in [0.5, 0.6) is 0 Å². The van der Waals surface area contributed by atoms with Gasteiger partial charge in [-0.3, -0.25) is 4.79 Å². The van der Waals surface area contributed by atoms with E-state index in [4.69, 9.17) is 15.9 Å². The molecule has 0 fully saturated rings. The molecule has 17 heavy (non-hydrogen) atoms. The van der Waals surface area contributed by atoms with Gasteiger partial charge in [-0.2, -0.15) is 0 Å². The number of ether oxygens (including phenoxy) is 2. The molecule has 0 spiro atoms. The monoisotopic (exact) mass is 240 g/mol. The van der Waals surface area contributed by atoms with E-state index in [1.165, 1.54) is 6.92 Å². The molecule has 2 unspecified atom stereocenters. The van der Waals surface area contributed by atoms with Gasteiger partial charge in [-0.25, -0.2) is 0 Å². The van der Waals surface area contributed by atoms with Crippen molar-refractivity contribution in [3.05, 3.63) is 0 Å². The summed E-state index contributed by atoms with van der Waals surface area (Å²) in [6, 6.07) is 0. The van der Waals surface area contributed by atoms with Crippen LogP contribution in [0.2, 0.25) is 0 Å². The van der Waals surface area contributed by atoms with Gasteiger partial charge in [-0.15, -0.1) is 6.42 Å². The summed E-state index contributed by atoms with van der Waals surface area (Å²) in [7, 11) is 1.72. The first-order valence-electron chi connectivity index (χ1n) is 6.03. The first-order valence-corrected chi connectivity index (χ1v) is 6.03. The minimum Gasteiger partial charge on any atom is -0.446 e. The summed E-state index contributed by atoms with van der Waals surface area (Å²) < 4.78 is 10.6. The molecule has 0 bridgehead atoms. The highest BCUT2D eigenvalue weighted by Crippen LogP contribution is 2.25. The van der Waals surface area contributed by atoms with Crippen LogP contribution >= 0.6 is 0 Å². The summed E-state index contributed by atoms with van der Waals surface area (Å²) >= 11 is 0. The number of carbonyl (C=O) groups is 1. The Morgan fingerprint density at radius 2 is 1.94 bits per heavy atom. The van der Waals surface area contributed by atoms with Gasteiger partial charge in [0, 0.05) is 14.0 Å². The van der Waals surface area contributed by atoms with E-state index in [2.05, 4.69) is 19.8 Å². The lowest BCUT2D eigenvalue weighted by molar-refractivity contribution is -0.150. The van der Waals surface area contributed by atoms with E-state index in [0.29, 0.717) is 6.42 Å². The summed E-state index contributed by atoms with van der Waals surface area (Å²) in [6.07, 6.45) is 8.78. The van der Waals surface area contributed by atoms with Gasteiger partial charge < -0.3 is 9.47 Å². The molecule has 2 atom stereocenters. The minimum absolute atomic E-state index is 0.119. The van der Waals surface area contributed by atoms with Crippen LogP contribution in [0.15, 0.2) is 0 Å². The number of hydrogen-bond acceptors (Lipinski definition) is 3.